The van der Waals surface area contributed by atoms with Gasteiger partial charge in [0, 0.05) is 41.5 Å². The number of nitrogens with zero attached hydrogens (tertiary/aromatic N) is 3. The molecule has 0 aliphatic carbocycles. The number of Topliss-reactive ketones (excluding diaryl/α,β-unsaturated/α-hetero) is 1. The number of morpholine rings is 1. The van der Waals surface area contributed by atoms with E-state index in [2.05, 4.69) is 32.1 Å². The zero-order valence-electron chi connectivity index (χ0n) is 16.5. The highest BCUT2D eigenvalue weighted by Gasteiger charge is 2.17. The summed E-state index contributed by atoms with van der Waals surface area (Å²) >= 11 is 1.76. The van der Waals surface area contributed by atoms with Crippen LogP contribution in [0.3, 0.4) is 0 Å². The van der Waals surface area contributed by atoms with E-state index in [-0.39, 0.29) is 12.4 Å². The molecule has 1 aliphatic heterocycles. The van der Waals surface area contributed by atoms with Gasteiger partial charge in [-0.3, -0.25) is 9.69 Å². The minimum Gasteiger partial charge on any atom is -0.386 e. The predicted molar refractivity (Wildman–Crippen MR) is 111 cm³/mol. The monoisotopic (exact) mass is 404 g/mol. The van der Waals surface area contributed by atoms with E-state index >= 15 is 0 Å². The Morgan fingerprint density at radius 1 is 1.36 bits per heavy atom. The van der Waals surface area contributed by atoms with Crippen molar-refractivity contribution in [2.75, 3.05) is 39.5 Å². The lowest BCUT2D eigenvalue weighted by Gasteiger charge is -2.25. The zero-order chi connectivity index (χ0) is 19.9. The van der Waals surface area contributed by atoms with Crippen molar-refractivity contribution in [3.05, 3.63) is 45.4 Å². The zero-order valence-corrected chi connectivity index (χ0v) is 17.3. The van der Waals surface area contributed by atoms with E-state index in [0.29, 0.717) is 31.2 Å². The molecule has 0 unspecified atom stereocenters. The van der Waals surface area contributed by atoms with Crippen LogP contribution < -0.4 is 5.73 Å². The van der Waals surface area contributed by atoms with E-state index in [1.807, 2.05) is 19.9 Å². The fourth-order valence-corrected chi connectivity index (χ4v) is 4.07. The molecule has 8 heteroatoms. The fraction of sp³-hybridized carbons (Fsp3) is 0.500. The molecule has 2 aromatic heterocycles. The molecule has 7 nitrogen and oxygen atoms in total. The molecule has 3 heterocycles. The van der Waals surface area contributed by atoms with Crippen molar-refractivity contribution in [2.45, 2.75) is 26.8 Å². The van der Waals surface area contributed by atoms with Crippen molar-refractivity contribution in [3.63, 3.8) is 0 Å². The molecule has 152 valence electrons. The van der Waals surface area contributed by atoms with Gasteiger partial charge in [0.15, 0.2) is 12.4 Å². The molecule has 0 radical (unpaired) electrons. The maximum absolute atomic E-state index is 12.6. The van der Waals surface area contributed by atoms with Crippen LogP contribution in [0.5, 0.6) is 0 Å². The van der Waals surface area contributed by atoms with Crippen LogP contribution in [0.1, 0.15) is 26.6 Å². The maximum Gasteiger partial charge on any atom is 0.204 e. The summed E-state index contributed by atoms with van der Waals surface area (Å²) in [5, 5.41) is 5.98. The van der Waals surface area contributed by atoms with Crippen molar-refractivity contribution < 1.29 is 14.4 Å². The highest BCUT2D eigenvalue weighted by Crippen LogP contribution is 2.18. The third-order valence-corrected chi connectivity index (χ3v) is 5.84. The summed E-state index contributed by atoms with van der Waals surface area (Å²) < 4.78 is 7.49. The van der Waals surface area contributed by atoms with Gasteiger partial charge in [0.2, 0.25) is 5.78 Å². The molecule has 0 bridgehead atoms. The summed E-state index contributed by atoms with van der Waals surface area (Å²) in [6, 6.07) is 6.13. The number of ether oxygens (including phenoxy) is 1. The largest absolute Gasteiger partial charge is 0.386 e. The number of ketones is 1. The quantitative estimate of drug-likeness (QED) is 0.300. The minimum atomic E-state index is -0.112. The van der Waals surface area contributed by atoms with Gasteiger partial charge in [-0.05, 0) is 37.8 Å². The number of carbonyl (C=O) groups is 1. The maximum atomic E-state index is 12.6. The number of rotatable bonds is 9. The average Bonchev–Trinajstić information content (AvgIpc) is 3.29. The van der Waals surface area contributed by atoms with Crippen LogP contribution in [0.4, 0.5) is 0 Å². The van der Waals surface area contributed by atoms with Crippen molar-refractivity contribution in [1.29, 1.82) is 0 Å². The van der Waals surface area contributed by atoms with Crippen molar-refractivity contribution >= 4 is 23.0 Å². The molecule has 28 heavy (non-hydrogen) atoms. The number of aromatic nitrogens is 1. The Balaban J connectivity index is 1.52. The molecule has 2 N–H and O–H groups in total. The van der Waals surface area contributed by atoms with Gasteiger partial charge < -0.3 is 19.9 Å². The third kappa shape index (κ3) is 5.43. The van der Waals surface area contributed by atoms with Crippen molar-refractivity contribution in [2.24, 2.45) is 10.9 Å². The lowest BCUT2D eigenvalue weighted by atomic mass is 10.1. The Morgan fingerprint density at radius 2 is 2.14 bits per heavy atom. The van der Waals surface area contributed by atoms with Gasteiger partial charge in [-0.25, -0.2) is 0 Å². The highest BCUT2D eigenvalue weighted by atomic mass is 32.1. The van der Waals surface area contributed by atoms with Gasteiger partial charge in [0.05, 0.1) is 19.8 Å². The van der Waals surface area contributed by atoms with Crippen LogP contribution in [0.2, 0.25) is 0 Å². The Hall–Kier alpha value is -2.16. The third-order valence-electron chi connectivity index (χ3n) is 4.90. The second-order valence-electron chi connectivity index (χ2n) is 6.93. The molecule has 1 aliphatic rings. The first kappa shape index (κ1) is 20.6. The molecule has 0 atom stereocenters. The Morgan fingerprint density at radius 3 is 2.86 bits per heavy atom. The van der Waals surface area contributed by atoms with Crippen molar-refractivity contribution in [1.82, 2.24) is 9.47 Å². The van der Waals surface area contributed by atoms with Gasteiger partial charge in [0.25, 0.3) is 0 Å². The highest BCUT2D eigenvalue weighted by molar-refractivity contribution is 7.09. The number of nitrogens with two attached hydrogens (primary N) is 1. The van der Waals surface area contributed by atoms with Crippen LogP contribution in [-0.4, -0.2) is 60.5 Å². The number of thiophene rings is 1. The number of aryl methyl sites for hydroxylation is 2. The average molecular weight is 405 g/mol. The molecule has 0 aromatic carbocycles. The normalized spacial score (nSPS) is 15.7. The fourth-order valence-electron chi connectivity index (χ4n) is 3.37. The first-order valence-electron chi connectivity index (χ1n) is 9.51. The Bertz CT molecular complexity index is 808. The SMILES string of the molecule is Cc1cc(C(=O)CON=C(N)CN2CCOCC2)c(C)n1CCc1cccs1. The lowest BCUT2D eigenvalue weighted by molar-refractivity contribution is 0.0444. The van der Waals surface area contributed by atoms with Gasteiger partial charge in [-0.2, -0.15) is 0 Å². The van der Waals surface area contributed by atoms with Gasteiger partial charge >= 0.3 is 0 Å². The molecule has 2 aromatic rings. The van der Waals surface area contributed by atoms with E-state index < -0.39 is 0 Å². The summed E-state index contributed by atoms with van der Waals surface area (Å²) in [4.78, 5) is 21.3. The van der Waals surface area contributed by atoms with Crippen molar-refractivity contribution in [3.8, 4) is 0 Å². The van der Waals surface area contributed by atoms with Crippen LogP contribution in [0, 0.1) is 13.8 Å². The number of carbonyl (C=O) groups excluding carboxylic acids is 1. The molecule has 1 fully saturated rings. The molecular formula is C20H28N4O3S. The van der Waals surface area contributed by atoms with Crippen LogP contribution in [0.25, 0.3) is 0 Å². The molecule has 3 rings (SSSR count). The Labute approximate surface area is 169 Å². The second kappa shape index (κ2) is 9.86. The minimum absolute atomic E-state index is 0.0848. The molecule has 0 amide bonds. The first-order chi connectivity index (χ1) is 13.5. The van der Waals surface area contributed by atoms with E-state index in [1.54, 1.807) is 11.3 Å². The molecule has 0 saturated carbocycles. The van der Waals surface area contributed by atoms with E-state index in [0.717, 1.165) is 37.4 Å². The molecule has 1 saturated heterocycles. The van der Waals surface area contributed by atoms with Gasteiger partial charge in [-0.1, -0.05) is 11.2 Å². The summed E-state index contributed by atoms with van der Waals surface area (Å²) in [7, 11) is 0. The van der Waals surface area contributed by atoms with Crippen LogP contribution >= 0.6 is 11.3 Å². The molecular weight excluding hydrogens is 376 g/mol. The number of oxime groups is 1. The topological polar surface area (TPSA) is 82.1 Å². The summed E-state index contributed by atoms with van der Waals surface area (Å²) in [6.07, 6.45) is 0.959. The Kier molecular flexibility index (Phi) is 7.24. The first-order valence-corrected chi connectivity index (χ1v) is 10.4. The van der Waals surface area contributed by atoms with E-state index in [9.17, 15) is 4.79 Å². The summed E-state index contributed by atoms with van der Waals surface area (Å²) in [5.74, 6) is 0.287. The predicted octanol–water partition coefficient (Wildman–Crippen LogP) is 2.21. The lowest BCUT2D eigenvalue weighted by Crippen LogP contribution is -2.41. The van der Waals surface area contributed by atoms with E-state index in [1.165, 1.54) is 4.88 Å². The number of hydrogen-bond acceptors (Lipinski definition) is 6. The van der Waals surface area contributed by atoms with Crippen LogP contribution in [-0.2, 0) is 22.5 Å². The smallest absolute Gasteiger partial charge is 0.204 e. The number of hydrogen-bond donors (Lipinski definition) is 1. The second-order valence-corrected chi connectivity index (χ2v) is 7.97. The molecule has 0 spiro atoms. The standard InChI is InChI=1S/C20H28N4O3S/c1-15-12-18(16(2)24(15)6-5-17-4-3-11-28-17)19(25)14-27-22-20(21)13-23-7-9-26-10-8-23/h3-4,11-12H,5-10,13-14H2,1-2H3,(H2,21,22). The summed E-state index contributed by atoms with van der Waals surface area (Å²) in [5.41, 5.74) is 8.63. The number of amidine groups is 1. The van der Waals surface area contributed by atoms with E-state index in [4.69, 9.17) is 15.3 Å². The van der Waals surface area contributed by atoms with Crippen LogP contribution in [0.15, 0.2) is 28.7 Å². The van der Waals surface area contributed by atoms with Gasteiger partial charge in [-0.15, -0.1) is 11.3 Å². The summed E-state index contributed by atoms with van der Waals surface area (Å²) in [6.45, 7) is 8.33. The van der Waals surface area contributed by atoms with Gasteiger partial charge in [0.1, 0.15) is 0 Å².